The van der Waals surface area contributed by atoms with E-state index in [0.29, 0.717) is 22.1 Å². The molecule has 0 radical (unpaired) electrons. The molecule has 0 aliphatic heterocycles. The van der Waals surface area contributed by atoms with Crippen LogP contribution in [0.2, 0.25) is 5.02 Å². The normalized spacial score (nSPS) is 10.2. The van der Waals surface area contributed by atoms with Crippen LogP contribution in [0.5, 0.6) is 5.75 Å². The summed E-state index contributed by atoms with van der Waals surface area (Å²) in [6.45, 7) is 1.55. The summed E-state index contributed by atoms with van der Waals surface area (Å²) in [5.74, 6) is -0.429. The van der Waals surface area contributed by atoms with Crippen LogP contribution in [0, 0.1) is 5.82 Å². The van der Waals surface area contributed by atoms with E-state index < -0.39 is 0 Å². The highest BCUT2D eigenvalue weighted by Gasteiger charge is 2.18. The van der Waals surface area contributed by atoms with E-state index in [2.05, 4.69) is 5.32 Å². The summed E-state index contributed by atoms with van der Waals surface area (Å²) in [4.78, 5) is 25.5. The summed E-state index contributed by atoms with van der Waals surface area (Å²) in [6, 6.07) is 10.4. The number of methoxy groups -OCH3 is 1. The first-order valence-electron chi connectivity index (χ1n) is 7.57. The number of rotatable bonds is 6. The van der Waals surface area contributed by atoms with Crippen LogP contribution < -0.4 is 15.0 Å². The van der Waals surface area contributed by atoms with Gasteiger partial charge in [0.1, 0.15) is 11.6 Å². The van der Waals surface area contributed by atoms with E-state index in [0.717, 1.165) is 0 Å². The molecule has 2 aromatic rings. The number of hydrogen-bond acceptors (Lipinski definition) is 3. The largest absolute Gasteiger partial charge is 0.495 e. The Balaban J connectivity index is 2.07. The van der Waals surface area contributed by atoms with Crippen molar-refractivity contribution in [2.24, 2.45) is 0 Å². The molecule has 2 aromatic carbocycles. The molecule has 2 rings (SSSR count). The van der Waals surface area contributed by atoms with Crippen molar-refractivity contribution >= 4 is 34.8 Å². The Bertz CT molecular complexity index is 765. The van der Waals surface area contributed by atoms with E-state index in [1.54, 1.807) is 18.2 Å². The molecule has 0 aliphatic carbocycles. The van der Waals surface area contributed by atoms with Gasteiger partial charge in [-0.1, -0.05) is 11.6 Å². The molecule has 0 aliphatic rings. The fraction of sp³-hybridized carbons (Fsp3) is 0.222. The number of nitrogens with zero attached hydrogens (tertiary/aromatic N) is 1. The van der Waals surface area contributed by atoms with Crippen molar-refractivity contribution in [2.75, 3.05) is 23.9 Å². The molecule has 0 aromatic heterocycles. The molecule has 0 unspecified atom stereocenters. The lowest BCUT2D eigenvalue weighted by molar-refractivity contribution is -0.117. The van der Waals surface area contributed by atoms with Crippen molar-refractivity contribution in [1.82, 2.24) is 0 Å². The van der Waals surface area contributed by atoms with Crippen LogP contribution in [0.25, 0.3) is 0 Å². The Morgan fingerprint density at radius 3 is 2.48 bits per heavy atom. The van der Waals surface area contributed by atoms with Crippen LogP contribution in [0.1, 0.15) is 13.3 Å². The maximum atomic E-state index is 12.9. The van der Waals surface area contributed by atoms with Gasteiger partial charge in [0.2, 0.25) is 11.8 Å². The van der Waals surface area contributed by atoms with E-state index >= 15 is 0 Å². The van der Waals surface area contributed by atoms with Crippen molar-refractivity contribution in [3.8, 4) is 5.75 Å². The minimum atomic E-state index is -0.381. The van der Waals surface area contributed by atoms with Crippen molar-refractivity contribution in [3.63, 3.8) is 0 Å². The van der Waals surface area contributed by atoms with Gasteiger partial charge in [0.25, 0.3) is 0 Å². The number of ether oxygens (including phenoxy) is 1. The van der Waals surface area contributed by atoms with Crippen LogP contribution >= 0.6 is 11.6 Å². The fourth-order valence-electron chi connectivity index (χ4n) is 2.29. The van der Waals surface area contributed by atoms with E-state index in [4.69, 9.17) is 16.3 Å². The maximum Gasteiger partial charge on any atom is 0.226 e. The smallest absolute Gasteiger partial charge is 0.226 e. The van der Waals surface area contributed by atoms with Gasteiger partial charge < -0.3 is 15.0 Å². The molecule has 0 heterocycles. The number of benzene rings is 2. The lowest BCUT2D eigenvalue weighted by Gasteiger charge is -2.23. The van der Waals surface area contributed by atoms with Gasteiger partial charge >= 0.3 is 0 Å². The van der Waals surface area contributed by atoms with Crippen LogP contribution in [-0.2, 0) is 9.59 Å². The minimum absolute atomic E-state index is 0.0621. The highest BCUT2D eigenvalue weighted by molar-refractivity contribution is 6.31. The lowest BCUT2D eigenvalue weighted by Crippen LogP contribution is -2.32. The predicted octanol–water partition coefficient (Wildman–Crippen LogP) is 3.87. The monoisotopic (exact) mass is 364 g/mol. The zero-order valence-electron chi connectivity index (χ0n) is 13.9. The van der Waals surface area contributed by atoms with Gasteiger partial charge in [-0.05, 0) is 42.5 Å². The molecule has 2 amide bonds. The molecule has 0 atom stereocenters. The minimum Gasteiger partial charge on any atom is -0.495 e. The van der Waals surface area contributed by atoms with Crippen molar-refractivity contribution in [3.05, 3.63) is 53.3 Å². The number of hydrogen-bond donors (Lipinski definition) is 1. The summed E-state index contributed by atoms with van der Waals surface area (Å²) in [5, 5.41) is 3.11. The molecule has 132 valence electrons. The Labute approximate surface area is 150 Å². The Morgan fingerprint density at radius 2 is 1.88 bits per heavy atom. The van der Waals surface area contributed by atoms with Gasteiger partial charge in [0, 0.05) is 30.6 Å². The lowest BCUT2D eigenvalue weighted by atomic mass is 10.2. The first-order chi connectivity index (χ1) is 11.9. The highest BCUT2D eigenvalue weighted by atomic mass is 35.5. The summed E-state index contributed by atoms with van der Waals surface area (Å²) in [6.07, 6.45) is 0.0621. The number of amides is 2. The Morgan fingerprint density at radius 1 is 1.20 bits per heavy atom. The van der Waals surface area contributed by atoms with Crippen LogP contribution in [0.3, 0.4) is 0 Å². The van der Waals surface area contributed by atoms with E-state index in [1.165, 1.54) is 43.2 Å². The molecule has 0 bridgehead atoms. The van der Waals surface area contributed by atoms with Gasteiger partial charge in [0.05, 0.1) is 12.8 Å². The summed E-state index contributed by atoms with van der Waals surface area (Å²) in [7, 11) is 1.49. The average molecular weight is 365 g/mol. The van der Waals surface area contributed by atoms with E-state index in [1.807, 2.05) is 0 Å². The molecule has 5 nitrogen and oxygen atoms in total. The average Bonchev–Trinajstić information content (AvgIpc) is 2.57. The predicted molar refractivity (Wildman–Crippen MR) is 95.7 cm³/mol. The second kappa shape index (κ2) is 8.48. The molecular formula is C18H18ClFN2O3. The fourth-order valence-corrected chi connectivity index (χ4v) is 2.46. The summed E-state index contributed by atoms with van der Waals surface area (Å²) >= 11 is 6.00. The van der Waals surface area contributed by atoms with E-state index in [-0.39, 0.29) is 30.6 Å². The third-order valence-electron chi connectivity index (χ3n) is 3.50. The molecular weight excluding hydrogens is 347 g/mol. The third kappa shape index (κ3) is 5.19. The zero-order chi connectivity index (χ0) is 18.4. The van der Waals surface area contributed by atoms with Gasteiger partial charge in [0.15, 0.2) is 0 Å². The molecule has 0 saturated carbocycles. The van der Waals surface area contributed by atoms with Gasteiger partial charge in [-0.2, -0.15) is 0 Å². The number of halogens is 2. The standard InChI is InChI=1S/C18H18ClFN2O3/c1-12(23)22(16-11-13(19)3-8-17(16)25-2)10-9-18(24)21-15-6-4-14(20)5-7-15/h3-8,11H,9-10H2,1-2H3,(H,21,24). The first kappa shape index (κ1) is 18.7. The topological polar surface area (TPSA) is 58.6 Å². The molecule has 0 spiro atoms. The number of nitrogens with one attached hydrogen (secondary N) is 1. The second-order valence-corrected chi connectivity index (χ2v) is 5.73. The van der Waals surface area contributed by atoms with Gasteiger partial charge in [-0.15, -0.1) is 0 Å². The number of anilines is 2. The Hall–Kier alpha value is -2.60. The first-order valence-corrected chi connectivity index (χ1v) is 7.95. The third-order valence-corrected chi connectivity index (χ3v) is 3.74. The SMILES string of the molecule is COc1ccc(Cl)cc1N(CCC(=O)Nc1ccc(F)cc1)C(C)=O. The van der Waals surface area contributed by atoms with Crippen molar-refractivity contribution < 1.29 is 18.7 Å². The molecule has 0 saturated heterocycles. The summed E-state index contributed by atoms with van der Waals surface area (Å²) in [5.41, 5.74) is 0.984. The second-order valence-electron chi connectivity index (χ2n) is 5.29. The molecule has 1 N–H and O–H groups in total. The summed E-state index contributed by atoms with van der Waals surface area (Å²) < 4.78 is 18.1. The Kier molecular flexibility index (Phi) is 6.36. The van der Waals surface area contributed by atoms with Crippen molar-refractivity contribution in [2.45, 2.75) is 13.3 Å². The highest BCUT2D eigenvalue weighted by Crippen LogP contribution is 2.31. The van der Waals surface area contributed by atoms with Crippen LogP contribution in [-0.4, -0.2) is 25.5 Å². The van der Waals surface area contributed by atoms with Crippen LogP contribution in [0.4, 0.5) is 15.8 Å². The maximum absolute atomic E-state index is 12.9. The molecule has 7 heteroatoms. The molecule has 25 heavy (non-hydrogen) atoms. The van der Waals surface area contributed by atoms with Gasteiger partial charge in [-0.25, -0.2) is 4.39 Å². The van der Waals surface area contributed by atoms with Crippen molar-refractivity contribution in [1.29, 1.82) is 0 Å². The zero-order valence-corrected chi connectivity index (χ0v) is 14.6. The number of carbonyl (C=O) groups is 2. The quantitative estimate of drug-likeness (QED) is 0.846. The van der Waals surface area contributed by atoms with E-state index in [9.17, 15) is 14.0 Å². The van der Waals surface area contributed by atoms with Gasteiger partial charge in [-0.3, -0.25) is 9.59 Å². The number of carbonyl (C=O) groups excluding carboxylic acids is 2. The molecule has 0 fully saturated rings. The van der Waals surface area contributed by atoms with Crippen LogP contribution in [0.15, 0.2) is 42.5 Å².